The number of anilines is 2. The minimum Gasteiger partial charge on any atom is -0.369 e. The highest BCUT2D eigenvalue weighted by Crippen LogP contribution is 2.21. The fourth-order valence-corrected chi connectivity index (χ4v) is 3.66. The van der Waals surface area contributed by atoms with Crippen LogP contribution in [0.4, 0.5) is 11.4 Å². The maximum absolute atomic E-state index is 12.1. The van der Waals surface area contributed by atoms with Crippen molar-refractivity contribution in [1.29, 1.82) is 5.26 Å². The van der Waals surface area contributed by atoms with Gasteiger partial charge in [-0.25, -0.2) is 0 Å². The Balaban J connectivity index is 1.36. The Kier molecular flexibility index (Phi) is 8.13. The largest absolute Gasteiger partial charge is 0.369 e. The molecule has 1 fully saturated rings. The lowest BCUT2D eigenvalue weighted by atomic mass is 10.2. The zero-order valence-corrected chi connectivity index (χ0v) is 18.4. The fraction of sp³-hybridized carbons (Fsp3) is 0.318. The van der Waals surface area contributed by atoms with Gasteiger partial charge in [-0.15, -0.1) is 0 Å². The van der Waals surface area contributed by atoms with Gasteiger partial charge in [0.2, 0.25) is 0 Å². The molecular weight excluding hydrogens is 437 g/mol. The molecule has 1 aliphatic rings. The van der Waals surface area contributed by atoms with Crippen LogP contribution in [0.5, 0.6) is 0 Å². The van der Waals surface area contributed by atoms with E-state index >= 15 is 0 Å². The quantitative estimate of drug-likeness (QED) is 0.511. The zero-order valence-electron chi connectivity index (χ0n) is 16.9. The first-order valence-electron chi connectivity index (χ1n) is 9.98. The number of nitrogens with zero attached hydrogens (tertiary/aromatic N) is 3. The molecule has 0 radical (unpaired) electrons. The lowest BCUT2D eigenvalue weighted by Crippen LogP contribution is -2.47. The van der Waals surface area contributed by atoms with Gasteiger partial charge in [0.05, 0.1) is 11.3 Å². The molecule has 1 heterocycles. The van der Waals surface area contributed by atoms with Crippen molar-refractivity contribution in [3.8, 4) is 6.07 Å². The van der Waals surface area contributed by atoms with Crippen molar-refractivity contribution >= 4 is 46.4 Å². The third-order valence-electron chi connectivity index (χ3n) is 5.06. The number of hydrogen-bond acceptors (Lipinski definition) is 5. The molecule has 162 valence electrons. The molecule has 1 saturated heterocycles. The lowest BCUT2D eigenvalue weighted by molar-refractivity contribution is -0.136. The van der Waals surface area contributed by atoms with Gasteiger partial charge in [0.15, 0.2) is 0 Å². The molecule has 0 bridgehead atoms. The normalized spacial score (nSPS) is 14.0. The topological polar surface area (TPSA) is 88.5 Å². The van der Waals surface area contributed by atoms with Crippen molar-refractivity contribution in [2.45, 2.75) is 6.42 Å². The highest BCUT2D eigenvalue weighted by Gasteiger charge is 2.18. The van der Waals surface area contributed by atoms with E-state index in [4.69, 9.17) is 28.5 Å². The van der Waals surface area contributed by atoms with Crippen molar-refractivity contribution in [2.24, 2.45) is 0 Å². The van der Waals surface area contributed by atoms with Crippen molar-refractivity contribution in [3.05, 3.63) is 58.1 Å². The Hall–Kier alpha value is -2.79. The molecule has 3 rings (SSSR count). The van der Waals surface area contributed by atoms with Crippen molar-refractivity contribution < 1.29 is 9.59 Å². The number of nitrogens with one attached hydrogen (secondary N) is 2. The Morgan fingerprint density at radius 3 is 2.32 bits per heavy atom. The van der Waals surface area contributed by atoms with Crippen LogP contribution in [0, 0.1) is 11.3 Å². The average molecular weight is 460 g/mol. The average Bonchev–Trinajstić information content (AvgIpc) is 2.77. The highest BCUT2D eigenvalue weighted by atomic mass is 35.5. The Morgan fingerprint density at radius 2 is 1.65 bits per heavy atom. The molecule has 2 amide bonds. The van der Waals surface area contributed by atoms with Gasteiger partial charge in [0, 0.05) is 48.5 Å². The summed E-state index contributed by atoms with van der Waals surface area (Å²) in [4.78, 5) is 28.8. The van der Waals surface area contributed by atoms with Gasteiger partial charge in [0.1, 0.15) is 6.07 Å². The van der Waals surface area contributed by atoms with Crippen molar-refractivity contribution in [1.82, 2.24) is 10.2 Å². The number of carbonyl (C=O) groups is 2. The molecule has 0 unspecified atom stereocenters. The van der Waals surface area contributed by atoms with Gasteiger partial charge < -0.3 is 15.5 Å². The fourth-order valence-electron chi connectivity index (χ4n) is 3.36. The number of hydrogen-bond donors (Lipinski definition) is 2. The van der Waals surface area contributed by atoms with Crippen LogP contribution in [0.25, 0.3) is 0 Å². The summed E-state index contributed by atoms with van der Waals surface area (Å²) in [6.07, 6.45) is 0.737. The number of nitriles is 1. The summed E-state index contributed by atoms with van der Waals surface area (Å²) in [5.74, 6) is -1.56. The van der Waals surface area contributed by atoms with Crippen LogP contribution in [0.3, 0.4) is 0 Å². The molecule has 1 aliphatic heterocycles. The van der Waals surface area contributed by atoms with Gasteiger partial charge in [-0.1, -0.05) is 23.2 Å². The maximum atomic E-state index is 12.1. The Bertz CT molecular complexity index is 967. The van der Waals surface area contributed by atoms with E-state index < -0.39 is 11.8 Å². The first kappa shape index (κ1) is 22.9. The van der Waals surface area contributed by atoms with Crippen LogP contribution in [0.15, 0.2) is 42.5 Å². The summed E-state index contributed by atoms with van der Waals surface area (Å²) >= 11 is 11.8. The van der Waals surface area contributed by atoms with E-state index in [0.29, 0.717) is 11.6 Å². The number of rotatable bonds is 6. The molecular formula is C22H23Cl2N5O2. The van der Waals surface area contributed by atoms with Crippen LogP contribution in [0.1, 0.15) is 12.0 Å². The number of benzene rings is 2. The molecule has 2 aromatic rings. The summed E-state index contributed by atoms with van der Waals surface area (Å²) in [6.45, 7) is 4.95. The lowest BCUT2D eigenvalue weighted by Gasteiger charge is -2.36. The van der Waals surface area contributed by atoms with Crippen LogP contribution >= 0.6 is 23.2 Å². The van der Waals surface area contributed by atoms with Gasteiger partial charge >= 0.3 is 11.8 Å². The summed E-state index contributed by atoms with van der Waals surface area (Å²) in [7, 11) is 0. The molecule has 0 atom stereocenters. The standard InChI is InChI=1S/C22H23Cl2N5O2/c23-17-4-6-19(7-5-17)29-12-10-28(11-13-29)9-1-8-26-21(30)22(31)27-20-14-18(24)3-2-16(20)15-25/h2-7,14H,1,8-13H2,(H,26,30)(H,27,31). The van der Waals surface area contributed by atoms with Gasteiger partial charge in [0.25, 0.3) is 0 Å². The number of piperazine rings is 1. The summed E-state index contributed by atoms with van der Waals surface area (Å²) < 4.78 is 0. The summed E-state index contributed by atoms with van der Waals surface area (Å²) in [5.41, 5.74) is 1.62. The van der Waals surface area contributed by atoms with E-state index in [1.54, 1.807) is 6.07 Å². The molecule has 0 aliphatic carbocycles. The third kappa shape index (κ3) is 6.59. The highest BCUT2D eigenvalue weighted by molar-refractivity contribution is 6.40. The SMILES string of the molecule is N#Cc1ccc(Cl)cc1NC(=O)C(=O)NCCCN1CCN(c2ccc(Cl)cc2)CC1. The second-order valence-corrected chi connectivity index (χ2v) is 8.04. The summed E-state index contributed by atoms with van der Waals surface area (Å²) in [5, 5.41) is 15.2. The molecule has 7 nitrogen and oxygen atoms in total. The minimum atomic E-state index is -0.824. The van der Waals surface area contributed by atoms with Gasteiger partial charge in [-0.3, -0.25) is 14.5 Å². The van der Waals surface area contributed by atoms with Gasteiger partial charge in [-0.2, -0.15) is 5.26 Å². The molecule has 0 saturated carbocycles. The monoisotopic (exact) mass is 459 g/mol. The molecule has 2 N–H and O–H groups in total. The molecule has 9 heteroatoms. The number of carbonyl (C=O) groups excluding carboxylic acids is 2. The van der Waals surface area contributed by atoms with E-state index in [9.17, 15) is 9.59 Å². The van der Waals surface area contributed by atoms with E-state index in [1.165, 1.54) is 17.8 Å². The van der Waals surface area contributed by atoms with Crippen LogP contribution in [0.2, 0.25) is 10.0 Å². The first-order valence-corrected chi connectivity index (χ1v) is 10.7. The van der Waals surface area contributed by atoms with Crippen LogP contribution in [-0.2, 0) is 9.59 Å². The molecule has 2 aromatic carbocycles. The third-order valence-corrected chi connectivity index (χ3v) is 5.54. The Labute approximate surface area is 191 Å². The zero-order chi connectivity index (χ0) is 22.2. The predicted molar refractivity (Wildman–Crippen MR) is 123 cm³/mol. The smallest absolute Gasteiger partial charge is 0.313 e. The number of amides is 2. The van der Waals surface area contributed by atoms with E-state index in [-0.39, 0.29) is 11.3 Å². The van der Waals surface area contributed by atoms with Crippen LogP contribution < -0.4 is 15.5 Å². The summed E-state index contributed by atoms with van der Waals surface area (Å²) in [6, 6.07) is 14.3. The number of halogens is 2. The van der Waals surface area contributed by atoms with Crippen molar-refractivity contribution in [3.63, 3.8) is 0 Å². The Morgan fingerprint density at radius 1 is 0.968 bits per heavy atom. The van der Waals surface area contributed by atoms with E-state index in [1.807, 2.05) is 30.3 Å². The second kappa shape index (κ2) is 11.0. The minimum absolute atomic E-state index is 0.216. The molecule has 31 heavy (non-hydrogen) atoms. The van der Waals surface area contributed by atoms with Gasteiger partial charge in [-0.05, 0) is 55.4 Å². The predicted octanol–water partition coefficient (Wildman–Crippen LogP) is 3.13. The van der Waals surface area contributed by atoms with Crippen LogP contribution in [-0.4, -0.2) is 56.0 Å². The first-order chi connectivity index (χ1) is 15.0. The maximum Gasteiger partial charge on any atom is 0.313 e. The van der Waals surface area contributed by atoms with Crippen molar-refractivity contribution in [2.75, 3.05) is 49.5 Å². The van der Waals surface area contributed by atoms with E-state index in [0.717, 1.165) is 44.2 Å². The molecule has 0 spiro atoms. The molecule has 0 aromatic heterocycles. The second-order valence-electron chi connectivity index (χ2n) is 7.17. The van der Waals surface area contributed by atoms with E-state index in [2.05, 4.69) is 20.4 Å².